The van der Waals surface area contributed by atoms with E-state index < -0.39 is 5.62 Å². The molecule has 0 fully saturated rings. The molecular formula is C13H17BN2O2. The van der Waals surface area contributed by atoms with E-state index >= 15 is 0 Å². The van der Waals surface area contributed by atoms with Crippen molar-refractivity contribution in [1.29, 1.82) is 0 Å². The van der Waals surface area contributed by atoms with Gasteiger partial charge in [0.15, 0.2) is 0 Å². The van der Waals surface area contributed by atoms with Crippen LogP contribution in [-0.4, -0.2) is 49.7 Å². The summed E-state index contributed by atoms with van der Waals surface area (Å²) in [6.07, 6.45) is 2.22. The van der Waals surface area contributed by atoms with E-state index in [-0.39, 0.29) is 0 Å². The van der Waals surface area contributed by atoms with Crippen LogP contribution in [0.5, 0.6) is 5.75 Å². The number of hydrogen-bond acceptors (Lipinski definition) is 3. The van der Waals surface area contributed by atoms with E-state index in [0.29, 0.717) is 6.42 Å². The number of aliphatic hydroxyl groups is 1. The second-order valence-electron chi connectivity index (χ2n) is 4.68. The van der Waals surface area contributed by atoms with Gasteiger partial charge in [0.1, 0.15) is 13.6 Å². The predicted molar refractivity (Wildman–Crippen MR) is 72.9 cm³/mol. The van der Waals surface area contributed by atoms with Gasteiger partial charge in [-0.05, 0) is 31.8 Å². The standard InChI is InChI=1S/C13H17BN2O2/c1-16(2)13(14,17)7-9-8-15-12-6-10(18-3)4-5-11(9)12/h4-6,8,15,17H,7H2,1-3H3. The van der Waals surface area contributed by atoms with Crippen molar-refractivity contribution in [3.05, 3.63) is 30.0 Å². The molecule has 1 atom stereocenters. The van der Waals surface area contributed by atoms with Crippen LogP contribution in [0.4, 0.5) is 0 Å². The molecule has 2 N–H and O–H groups in total. The van der Waals surface area contributed by atoms with E-state index in [1.165, 1.54) is 0 Å². The van der Waals surface area contributed by atoms with Crippen molar-refractivity contribution in [3.63, 3.8) is 0 Å². The van der Waals surface area contributed by atoms with Gasteiger partial charge >= 0.3 is 0 Å². The number of hydrogen-bond donors (Lipinski definition) is 2. The zero-order chi connectivity index (χ0) is 13.3. The molecule has 2 rings (SSSR count). The summed E-state index contributed by atoms with van der Waals surface area (Å²) in [5, 5.41) is 11.1. The molecule has 18 heavy (non-hydrogen) atoms. The third kappa shape index (κ3) is 2.37. The minimum Gasteiger partial charge on any atom is -0.497 e. The number of likely N-dealkylation sites (N-methyl/N-ethyl adjacent to an activating group) is 1. The summed E-state index contributed by atoms with van der Waals surface area (Å²) >= 11 is 0. The molecular weight excluding hydrogens is 227 g/mol. The normalized spacial score (nSPS) is 14.9. The molecule has 0 aliphatic heterocycles. The van der Waals surface area contributed by atoms with Crippen molar-refractivity contribution in [3.8, 4) is 5.75 Å². The Morgan fingerprint density at radius 2 is 2.17 bits per heavy atom. The molecule has 4 nitrogen and oxygen atoms in total. The van der Waals surface area contributed by atoms with Gasteiger partial charge in [0.25, 0.3) is 0 Å². The van der Waals surface area contributed by atoms with E-state index in [1.54, 1.807) is 26.1 Å². The maximum absolute atomic E-state index is 10.1. The Morgan fingerprint density at radius 3 is 2.78 bits per heavy atom. The molecule has 5 heteroatoms. The Morgan fingerprint density at radius 1 is 1.44 bits per heavy atom. The van der Waals surface area contributed by atoms with Gasteiger partial charge in [-0.2, -0.15) is 0 Å². The number of ether oxygens (including phenoxy) is 1. The molecule has 0 aliphatic rings. The van der Waals surface area contributed by atoms with Crippen LogP contribution in [-0.2, 0) is 6.42 Å². The SMILES string of the molecule is [B]C(O)(Cc1c[nH]c2cc(OC)ccc12)N(C)C. The highest BCUT2D eigenvalue weighted by atomic mass is 16.5. The molecule has 0 aliphatic carbocycles. The number of rotatable bonds is 4. The summed E-state index contributed by atoms with van der Waals surface area (Å²) in [7, 11) is 11.0. The second kappa shape index (κ2) is 4.67. The fraction of sp³-hybridized carbons (Fsp3) is 0.385. The van der Waals surface area contributed by atoms with Crippen LogP contribution >= 0.6 is 0 Å². The molecule has 0 saturated carbocycles. The molecule has 0 saturated heterocycles. The number of aromatic amines is 1. The molecule has 0 amide bonds. The lowest BCUT2D eigenvalue weighted by molar-refractivity contribution is -0.00339. The van der Waals surface area contributed by atoms with Crippen LogP contribution < -0.4 is 4.74 Å². The molecule has 1 heterocycles. The van der Waals surface area contributed by atoms with E-state index in [4.69, 9.17) is 12.6 Å². The Labute approximate surface area is 108 Å². The number of fused-ring (bicyclic) bond motifs is 1. The third-order valence-electron chi connectivity index (χ3n) is 3.20. The van der Waals surface area contributed by atoms with Gasteiger partial charge in [-0.25, -0.2) is 0 Å². The molecule has 2 aromatic rings. The number of benzene rings is 1. The smallest absolute Gasteiger partial charge is 0.136 e. The summed E-state index contributed by atoms with van der Waals surface area (Å²) in [6, 6.07) is 5.78. The Kier molecular flexibility index (Phi) is 3.37. The highest BCUT2D eigenvalue weighted by Gasteiger charge is 2.24. The van der Waals surface area contributed by atoms with Gasteiger partial charge in [0.05, 0.1) is 12.7 Å². The van der Waals surface area contributed by atoms with Crippen molar-refractivity contribution in [2.24, 2.45) is 0 Å². The molecule has 1 aromatic heterocycles. The van der Waals surface area contributed by atoms with Crippen LogP contribution in [0.25, 0.3) is 10.9 Å². The Hall–Kier alpha value is -1.46. The van der Waals surface area contributed by atoms with Gasteiger partial charge in [0.2, 0.25) is 0 Å². The molecule has 94 valence electrons. The van der Waals surface area contributed by atoms with Crippen molar-refractivity contribution < 1.29 is 9.84 Å². The summed E-state index contributed by atoms with van der Waals surface area (Å²) in [5.74, 6) is 0.798. The van der Waals surface area contributed by atoms with Crippen LogP contribution in [0.2, 0.25) is 0 Å². The van der Waals surface area contributed by atoms with Crippen molar-refractivity contribution in [1.82, 2.24) is 9.88 Å². The van der Waals surface area contributed by atoms with Gasteiger partial charge in [-0.15, -0.1) is 0 Å². The van der Waals surface area contributed by atoms with Crippen LogP contribution in [0.1, 0.15) is 5.56 Å². The first-order valence-corrected chi connectivity index (χ1v) is 5.77. The zero-order valence-electron chi connectivity index (χ0n) is 10.9. The van der Waals surface area contributed by atoms with Crippen molar-refractivity contribution in [2.75, 3.05) is 21.2 Å². The number of nitrogens with one attached hydrogen (secondary N) is 1. The number of methoxy groups -OCH3 is 1. The average Bonchev–Trinajstić information content (AvgIpc) is 2.71. The largest absolute Gasteiger partial charge is 0.497 e. The van der Waals surface area contributed by atoms with Gasteiger partial charge < -0.3 is 14.8 Å². The van der Waals surface area contributed by atoms with Crippen molar-refractivity contribution in [2.45, 2.75) is 12.0 Å². The minimum absolute atomic E-state index is 0.354. The summed E-state index contributed by atoms with van der Waals surface area (Å²) in [4.78, 5) is 4.75. The van der Waals surface area contributed by atoms with Crippen molar-refractivity contribution >= 4 is 18.7 Å². The highest BCUT2D eigenvalue weighted by Crippen LogP contribution is 2.25. The number of nitrogens with zero attached hydrogens (tertiary/aromatic N) is 1. The molecule has 0 bridgehead atoms. The number of aromatic nitrogens is 1. The van der Waals surface area contributed by atoms with E-state index in [2.05, 4.69) is 4.98 Å². The first-order valence-electron chi connectivity index (χ1n) is 5.77. The molecule has 2 radical (unpaired) electrons. The highest BCUT2D eigenvalue weighted by molar-refractivity contribution is 6.14. The first-order chi connectivity index (χ1) is 8.44. The second-order valence-corrected chi connectivity index (χ2v) is 4.68. The van der Waals surface area contributed by atoms with Gasteiger partial charge in [0, 0.05) is 29.6 Å². The van der Waals surface area contributed by atoms with E-state index in [1.807, 2.05) is 24.4 Å². The first kappa shape index (κ1) is 13.0. The van der Waals surface area contributed by atoms with Crippen LogP contribution in [0.3, 0.4) is 0 Å². The maximum Gasteiger partial charge on any atom is 0.136 e. The van der Waals surface area contributed by atoms with Gasteiger partial charge in [-0.3, -0.25) is 4.90 Å². The summed E-state index contributed by atoms with van der Waals surface area (Å²) in [5.41, 5.74) is 0.597. The predicted octanol–water partition coefficient (Wildman–Crippen LogP) is 1.10. The molecule has 0 spiro atoms. The lowest BCUT2D eigenvalue weighted by Crippen LogP contribution is -2.46. The minimum atomic E-state index is -1.35. The lowest BCUT2D eigenvalue weighted by Gasteiger charge is -2.31. The van der Waals surface area contributed by atoms with E-state index in [0.717, 1.165) is 22.2 Å². The fourth-order valence-electron chi connectivity index (χ4n) is 1.88. The van der Waals surface area contributed by atoms with Gasteiger partial charge in [-0.1, -0.05) is 0 Å². The zero-order valence-corrected chi connectivity index (χ0v) is 10.9. The molecule has 1 aromatic carbocycles. The monoisotopic (exact) mass is 244 g/mol. The summed E-state index contributed by atoms with van der Waals surface area (Å²) in [6.45, 7) is 0. The third-order valence-corrected chi connectivity index (χ3v) is 3.20. The summed E-state index contributed by atoms with van der Waals surface area (Å²) < 4.78 is 5.17. The quantitative estimate of drug-likeness (QED) is 0.625. The fourth-order valence-corrected chi connectivity index (χ4v) is 1.88. The van der Waals surface area contributed by atoms with Crippen LogP contribution in [0, 0.1) is 0 Å². The maximum atomic E-state index is 10.1. The number of H-pyrrole nitrogens is 1. The molecule has 1 unspecified atom stereocenters. The Bertz CT molecular complexity index is 549. The topological polar surface area (TPSA) is 48.5 Å². The Balaban J connectivity index is 2.35. The van der Waals surface area contributed by atoms with Crippen LogP contribution in [0.15, 0.2) is 24.4 Å². The van der Waals surface area contributed by atoms with E-state index in [9.17, 15) is 5.11 Å². The average molecular weight is 244 g/mol. The lowest BCUT2D eigenvalue weighted by atomic mass is 9.84.